The summed E-state index contributed by atoms with van der Waals surface area (Å²) < 4.78 is 0. The summed E-state index contributed by atoms with van der Waals surface area (Å²) >= 11 is 1.87. The molecule has 0 atom stereocenters. The lowest BCUT2D eigenvalue weighted by atomic mass is 9.95. The lowest BCUT2D eigenvalue weighted by Crippen LogP contribution is -2.39. The summed E-state index contributed by atoms with van der Waals surface area (Å²) in [6, 6.07) is 0. The molecule has 1 N–H and O–H groups in total. The third-order valence-corrected chi connectivity index (χ3v) is 3.76. The molecule has 0 saturated heterocycles. The molecule has 0 radical (unpaired) electrons. The number of hydrogen-bond donors (Lipinski definition) is 1. The van der Waals surface area contributed by atoms with Gasteiger partial charge in [0.25, 0.3) is 0 Å². The fourth-order valence-electron chi connectivity index (χ4n) is 1.53. The van der Waals surface area contributed by atoms with Gasteiger partial charge >= 0.3 is 6.09 Å². The number of carbonyl (C=O) groups is 1. The first kappa shape index (κ1) is 15.6. The predicted molar refractivity (Wildman–Crippen MR) is 71.3 cm³/mol. The highest BCUT2D eigenvalue weighted by Gasteiger charge is 2.24. The Balaban J connectivity index is 4.19. The molecule has 96 valence electrons. The lowest BCUT2D eigenvalue weighted by molar-refractivity contribution is 0.126. The summed E-state index contributed by atoms with van der Waals surface area (Å²) in [6.07, 6.45) is 1.19. The number of unbranched alkanes of at least 4 members (excludes halogenated alkanes) is 1. The van der Waals surface area contributed by atoms with Gasteiger partial charge in [0.2, 0.25) is 0 Å². The number of rotatable bonds is 8. The van der Waals surface area contributed by atoms with Crippen LogP contribution in [0.3, 0.4) is 0 Å². The zero-order valence-corrected chi connectivity index (χ0v) is 11.8. The van der Waals surface area contributed by atoms with Gasteiger partial charge in [-0.05, 0) is 17.6 Å². The molecule has 1 amide bonds. The number of thioether (sulfide) groups is 1. The molecular weight excluding hydrogens is 222 g/mol. The van der Waals surface area contributed by atoms with E-state index in [2.05, 4.69) is 27.7 Å². The highest BCUT2D eigenvalue weighted by molar-refractivity contribution is 7.99. The van der Waals surface area contributed by atoms with Crippen LogP contribution in [-0.2, 0) is 0 Å². The Labute approximate surface area is 104 Å². The van der Waals surface area contributed by atoms with Gasteiger partial charge in [0.15, 0.2) is 0 Å². The second kappa shape index (κ2) is 7.82. The van der Waals surface area contributed by atoms with Gasteiger partial charge in [-0.25, -0.2) is 4.79 Å². The van der Waals surface area contributed by atoms with Crippen molar-refractivity contribution < 1.29 is 9.90 Å². The number of nitrogens with zero attached hydrogens (tertiary/aromatic N) is 1. The Kier molecular flexibility index (Phi) is 7.64. The Morgan fingerprint density at radius 2 is 2.00 bits per heavy atom. The molecule has 0 aliphatic rings. The van der Waals surface area contributed by atoms with Crippen molar-refractivity contribution in [3.05, 3.63) is 0 Å². The fourth-order valence-corrected chi connectivity index (χ4v) is 2.38. The fraction of sp³-hybridized carbons (Fsp3) is 0.917. The lowest BCUT2D eigenvalue weighted by Gasteiger charge is -2.30. The van der Waals surface area contributed by atoms with Crippen LogP contribution in [0.2, 0.25) is 0 Å². The van der Waals surface area contributed by atoms with Gasteiger partial charge in [-0.3, -0.25) is 0 Å². The average molecular weight is 247 g/mol. The number of amides is 1. The van der Waals surface area contributed by atoms with Crippen molar-refractivity contribution in [1.29, 1.82) is 0 Å². The quantitative estimate of drug-likeness (QED) is 0.713. The molecule has 0 aromatic rings. The maximum absolute atomic E-state index is 11.1. The van der Waals surface area contributed by atoms with Gasteiger partial charge in [-0.2, -0.15) is 11.8 Å². The van der Waals surface area contributed by atoms with E-state index in [-0.39, 0.29) is 5.41 Å². The molecule has 0 aliphatic heterocycles. The molecule has 0 aromatic heterocycles. The first-order valence-electron chi connectivity index (χ1n) is 5.98. The SMILES string of the molecule is CCCCN(CC(C)(C)CSCC)C(=O)O. The molecule has 0 unspecified atom stereocenters. The Morgan fingerprint density at radius 1 is 1.38 bits per heavy atom. The largest absolute Gasteiger partial charge is 0.465 e. The zero-order chi connectivity index (χ0) is 12.6. The molecule has 0 rings (SSSR count). The monoisotopic (exact) mass is 247 g/mol. The van der Waals surface area contributed by atoms with Crippen LogP contribution in [-0.4, -0.2) is 40.7 Å². The van der Waals surface area contributed by atoms with Crippen molar-refractivity contribution >= 4 is 17.9 Å². The standard InChI is InChI=1S/C12H25NO2S/c1-5-7-8-13(11(14)15)9-12(3,4)10-16-6-2/h5-10H2,1-4H3,(H,14,15). The van der Waals surface area contributed by atoms with E-state index < -0.39 is 6.09 Å². The van der Waals surface area contributed by atoms with Gasteiger partial charge < -0.3 is 10.0 Å². The molecule has 0 aromatic carbocycles. The van der Waals surface area contributed by atoms with Gasteiger partial charge in [-0.15, -0.1) is 0 Å². The molecule has 0 aliphatic carbocycles. The van der Waals surface area contributed by atoms with Gasteiger partial charge in [0.05, 0.1) is 0 Å². The van der Waals surface area contributed by atoms with Crippen molar-refractivity contribution in [1.82, 2.24) is 4.90 Å². The molecule has 0 saturated carbocycles. The summed E-state index contributed by atoms with van der Waals surface area (Å²) in [7, 11) is 0. The van der Waals surface area contributed by atoms with E-state index in [1.807, 2.05) is 11.8 Å². The minimum absolute atomic E-state index is 0.0623. The van der Waals surface area contributed by atoms with Crippen molar-refractivity contribution in [3.8, 4) is 0 Å². The van der Waals surface area contributed by atoms with E-state index in [9.17, 15) is 4.79 Å². The van der Waals surface area contributed by atoms with Crippen LogP contribution in [0, 0.1) is 5.41 Å². The summed E-state index contributed by atoms with van der Waals surface area (Å²) in [4.78, 5) is 12.6. The normalized spacial score (nSPS) is 11.5. The third kappa shape index (κ3) is 6.99. The number of carboxylic acid groups (broad SMARTS) is 1. The number of hydrogen-bond acceptors (Lipinski definition) is 2. The minimum Gasteiger partial charge on any atom is -0.465 e. The van der Waals surface area contributed by atoms with E-state index >= 15 is 0 Å². The van der Waals surface area contributed by atoms with Crippen molar-refractivity contribution in [3.63, 3.8) is 0 Å². The highest BCUT2D eigenvalue weighted by atomic mass is 32.2. The average Bonchev–Trinajstić information content (AvgIpc) is 2.21. The van der Waals surface area contributed by atoms with E-state index in [1.54, 1.807) is 4.90 Å². The summed E-state index contributed by atoms with van der Waals surface area (Å²) in [5.74, 6) is 2.10. The maximum Gasteiger partial charge on any atom is 0.407 e. The summed E-state index contributed by atoms with van der Waals surface area (Å²) in [5.41, 5.74) is 0.0623. The summed E-state index contributed by atoms with van der Waals surface area (Å²) in [6.45, 7) is 9.78. The second-order valence-corrected chi connectivity index (χ2v) is 6.13. The molecule has 4 heteroatoms. The predicted octanol–water partition coefficient (Wildman–Crippen LogP) is 3.55. The van der Waals surface area contributed by atoms with E-state index in [4.69, 9.17) is 5.11 Å². The van der Waals surface area contributed by atoms with Crippen molar-refractivity contribution in [2.45, 2.75) is 40.5 Å². The molecule has 3 nitrogen and oxygen atoms in total. The van der Waals surface area contributed by atoms with Gasteiger partial charge in [0.1, 0.15) is 0 Å². The van der Waals surface area contributed by atoms with Crippen molar-refractivity contribution in [2.75, 3.05) is 24.6 Å². The topological polar surface area (TPSA) is 40.5 Å². The van der Waals surface area contributed by atoms with E-state index in [0.717, 1.165) is 24.3 Å². The molecule has 16 heavy (non-hydrogen) atoms. The smallest absolute Gasteiger partial charge is 0.407 e. The molecule has 0 spiro atoms. The Morgan fingerprint density at radius 3 is 2.44 bits per heavy atom. The zero-order valence-electron chi connectivity index (χ0n) is 11.0. The van der Waals surface area contributed by atoms with Crippen LogP contribution >= 0.6 is 11.8 Å². The summed E-state index contributed by atoms with van der Waals surface area (Å²) in [5, 5.41) is 9.11. The molecular formula is C12H25NO2S. The maximum atomic E-state index is 11.1. The van der Waals surface area contributed by atoms with Crippen molar-refractivity contribution in [2.24, 2.45) is 5.41 Å². The first-order valence-corrected chi connectivity index (χ1v) is 7.14. The minimum atomic E-state index is -0.789. The van der Waals surface area contributed by atoms with Crippen LogP contribution in [0.5, 0.6) is 0 Å². The van der Waals surface area contributed by atoms with Crippen LogP contribution in [0.1, 0.15) is 40.5 Å². The molecule has 0 bridgehead atoms. The first-order chi connectivity index (χ1) is 7.43. The Bertz CT molecular complexity index is 207. The highest BCUT2D eigenvalue weighted by Crippen LogP contribution is 2.23. The van der Waals surface area contributed by atoms with Gasteiger partial charge in [0, 0.05) is 18.8 Å². The Hall–Kier alpha value is -0.380. The van der Waals surface area contributed by atoms with E-state index in [1.165, 1.54) is 0 Å². The third-order valence-electron chi connectivity index (χ3n) is 2.37. The van der Waals surface area contributed by atoms with Crippen LogP contribution < -0.4 is 0 Å². The van der Waals surface area contributed by atoms with Gasteiger partial charge in [-0.1, -0.05) is 34.1 Å². The van der Waals surface area contributed by atoms with Crippen LogP contribution in [0.25, 0.3) is 0 Å². The molecule has 0 fully saturated rings. The van der Waals surface area contributed by atoms with E-state index in [0.29, 0.717) is 13.1 Å². The molecule has 0 heterocycles. The second-order valence-electron chi connectivity index (χ2n) is 4.86. The van der Waals surface area contributed by atoms with Crippen LogP contribution in [0.15, 0.2) is 0 Å². The van der Waals surface area contributed by atoms with Crippen LogP contribution in [0.4, 0.5) is 4.79 Å².